The number of benzene rings is 2. The molecule has 0 unspecified atom stereocenters. The van der Waals surface area contributed by atoms with Crippen molar-refractivity contribution >= 4 is 42.1 Å². The Kier molecular flexibility index (Phi) is 11.5. The van der Waals surface area contributed by atoms with Gasteiger partial charge in [-0.3, -0.25) is 0 Å². The summed E-state index contributed by atoms with van der Waals surface area (Å²) in [5.74, 6) is 0.997. The maximum absolute atomic E-state index is 11.2. The first kappa shape index (κ1) is 29.3. The van der Waals surface area contributed by atoms with E-state index in [1.165, 1.54) is 46.8 Å². The van der Waals surface area contributed by atoms with Gasteiger partial charge >= 0.3 is 36.4 Å². The largest absolute Gasteiger partial charge is 0.369 e. The predicted molar refractivity (Wildman–Crippen MR) is 122 cm³/mol. The molecule has 0 aliphatic carbocycles. The van der Waals surface area contributed by atoms with Gasteiger partial charge < -0.3 is 10.9 Å². The van der Waals surface area contributed by atoms with Crippen LogP contribution in [0.1, 0.15) is 45.4 Å². The van der Waals surface area contributed by atoms with Crippen molar-refractivity contribution in [3.05, 3.63) is 52.1 Å². The van der Waals surface area contributed by atoms with E-state index in [1.807, 2.05) is 6.07 Å². The van der Waals surface area contributed by atoms with Crippen molar-refractivity contribution in [3.8, 4) is 16.9 Å². The summed E-state index contributed by atoms with van der Waals surface area (Å²) in [5.41, 5.74) is 2.41. The van der Waals surface area contributed by atoms with Crippen LogP contribution in [-0.4, -0.2) is 26.1 Å². The van der Waals surface area contributed by atoms with Gasteiger partial charge in [0.15, 0.2) is 0 Å². The topological polar surface area (TPSA) is 45.7 Å². The number of ether oxygens (including phenoxy) is 1. The molecule has 0 aliphatic heterocycles. The molecule has 2 aromatic carbocycles. The van der Waals surface area contributed by atoms with Crippen LogP contribution in [0.2, 0.25) is 0 Å². The molecule has 0 saturated carbocycles. The zero-order chi connectivity index (χ0) is 22.0. The summed E-state index contributed by atoms with van der Waals surface area (Å²) in [6, 6.07) is 16.9. The van der Waals surface area contributed by atoms with Crippen molar-refractivity contribution in [2.75, 3.05) is 6.61 Å². The van der Waals surface area contributed by atoms with E-state index in [0.29, 0.717) is 0 Å². The van der Waals surface area contributed by atoms with Gasteiger partial charge in [0, 0.05) is 9.13 Å². The van der Waals surface area contributed by atoms with Gasteiger partial charge in [-0.1, -0.05) is 69.4 Å². The predicted octanol–water partition coefficient (Wildman–Crippen LogP) is 9.21. The smallest absolute Gasteiger partial charge is 0.369 e. The third kappa shape index (κ3) is 17.1. The minimum Gasteiger partial charge on any atom is -0.369 e. The van der Waals surface area contributed by atoms with E-state index >= 15 is 0 Å². The molecule has 2 aromatic rings. The third-order valence-corrected chi connectivity index (χ3v) is 4.52. The van der Waals surface area contributed by atoms with Gasteiger partial charge in [0.25, 0.3) is 0 Å². The average molecular weight is 662 g/mol. The second-order valence-electron chi connectivity index (χ2n) is 6.58. The molecular weight excluding hydrogens is 633 g/mol. The maximum Gasteiger partial charge on any atom is -0.369 e. The molecule has 174 valence electrons. The van der Waals surface area contributed by atoms with Crippen LogP contribution < -0.4 is 10.9 Å². The summed E-state index contributed by atoms with van der Waals surface area (Å²) >= 11 is -8.92. The molecule has 0 heterocycles. The van der Waals surface area contributed by atoms with E-state index in [9.17, 15) is 16.9 Å². The molecule has 0 amide bonds. The first-order valence-corrected chi connectivity index (χ1v) is 16.2. The number of hydrogen-bond acceptors (Lipinski definition) is 1. The SMILES string of the molecule is CCCCCCCCOc1ccccc1-c1ccc(I)cc1.[F][Sb-]([F])([F])([F])([F])[F].[NH4+]. The molecule has 0 atom stereocenters. The van der Waals surface area contributed by atoms with Crippen LogP contribution in [0.15, 0.2) is 48.5 Å². The van der Waals surface area contributed by atoms with Crippen LogP contribution in [0.3, 0.4) is 0 Å². The van der Waals surface area contributed by atoms with Gasteiger partial charge in [0.05, 0.1) is 6.61 Å². The van der Waals surface area contributed by atoms with E-state index in [1.54, 1.807) is 0 Å². The summed E-state index contributed by atoms with van der Waals surface area (Å²) in [7, 11) is 0. The Morgan fingerprint density at radius 1 is 0.767 bits per heavy atom. The fourth-order valence-electron chi connectivity index (χ4n) is 2.52. The molecule has 4 N–H and O–H groups in total. The van der Waals surface area contributed by atoms with E-state index < -0.39 is 19.5 Å². The van der Waals surface area contributed by atoms with Gasteiger partial charge in [-0.05, 0) is 52.8 Å². The van der Waals surface area contributed by atoms with Crippen molar-refractivity contribution in [2.24, 2.45) is 0 Å². The quantitative estimate of drug-likeness (QED) is 0.124. The molecular formula is C20H29F6INOSb. The summed E-state index contributed by atoms with van der Waals surface area (Å²) in [4.78, 5) is 0. The summed E-state index contributed by atoms with van der Waals surface area (Å²) < 4.78 is 66.8. The van der Waals surface area contributed by atoms with Gasteiger partial charge in [-0.25, -0.2) is 0 Å². The average Bonchev–Trinajstić information content (AvgIpc) is 2.59. The minimum absolute atomic E-state index is 0. The van der Waals surface area contributed by atoms with Crippen molar-refractivity contribution in [3.63, 3.8) is 0 Å². The Morgan fingerprint density at radius 2 is 1.27 bits per heavy atom. The van der Waals surface area contributed by atoms with Crippen molar-refractivity contribution < 1.29 is 21.6 Å². The number of para-hydroxylation sites is 1. The third-order valence-electron chi connectivity index (χ3n) is 3.80. The van der Waals surface area contributed by atoms with E-state index in [-0.39, 0.29) is 6.15 Å². The summed E-state index contributed by atoms with van der Waals surface area (Å²) in [6.45, 7) is 3.07. The molecule has 0 fully saturated rings. The zero-order valence-electron chi connectivity index (χ0n) is 17.1. The second kappa shape index (κ2) is 11.8. The molecule has 2 rings (SSSR count). The van der Waals surface area contributed by atoms with E-state index in [0.717, 1.165) is 18.8 Å². The fraction of sp³-hybridized carbons (Fsp3) is 0.400. The number of unbranched alkanes of at least 4 members (excludes halogenated alkanes) is 5. The monoisotopic (exact) mass is 661 g/mol. The van der Waals surface area contributed by atoms with Crippen LogP contribution in [-0.2, 0) is 0 Å². The molecule has 0 bridgehead atoms. The minimum atomic E-state index is -11.2. The van der Waals surface area contributed by atoms with E-state index in [4.69, 9.17) is 4.74 Å². The number of halogens is 7. The van der Waals surface area contributed by atoms with Gasteiger partial charge in [0.2, 0.25) is 0 Å². The van der Waals surface area contributed by atoms with Crippen LogP contribution in [0.4, 0.5) is 16.9 Å². The molecule has 0 saturated heterocycles. The maximum atomic E-state index is 9.93. The number of quaternary nitrogens is 1. The van der Waals surface area contributed by atoms with Crippen LogP contribution >= 0.6 is 22.6 Å². The Labute approximate surface area is 190 Å². The molecule has 10 heteroatoms. The van der Waals surface area contributed by atoms with Gasteiger partial charge in [-0.2, -0.15) is 0 Å². The number of rotatable bonds is 9. The molecule has 30 heavy (non-hydrogen) atoms. The molecule has 0 radical (unpaired) electrons. The Bertz CT molecular complexity index is 743. The molecule has 2 nitrogen and oxygen atoms in total. The Hall–Kier alpha value is -0.672. The number of hydrogen-bond donors (Lipinski definition) is 1. The normalized spacial score (nSPS) is 13.2. The Balaban J connectivity index is 0.000000909. The summed E-state index contributed by atoms with van der Waals surface area (Å²) in [5, 5.41) is 0. The van der Waals surface area contributed by atoms with Crippen molar-refractivity contribution in [1.82, 2.24) is 6.15 Å². The van der Waals surface area contributed by atoms with Crippen molar-refractivity contribution in [1.29, 1.82) is 0 Å². The molecule has 0 aromatic heterocycles. The van der Waals surface area contributed by atoms with Crippen LogP contribution in [0.5, 0.6) is 5.75 Å². The fourth-order valence-corrected chi connectivity index (χ4v) is 2.88. The van der Waals surface area contributed by atoms with Crippen LogP contribution in [0.25, 0.3) is 11.1 Å². The van der Waals surface area contributed by atoms with Crippen molar-refractivity contribution in [2.45, 2.75) is 45.4 Å². The first-order chi connectivity index (χ1) is 13.3. The van der Waals surface area contributed by atoms with Crippen LogP contribution in [0, 0.1) is 3.57 Å². The standard InChI is InChI=1S/C20H25IO.6FH.H3N.Sb/c1-2-3-4-5-6-9-16-22-20-11-8-7-10-19(20)17-12-14-18(21)15-13-17;;;;;;;;/h7-8,10-15H,2-6,9,16H2,1H3;6*1H;1H3;/q;;;;;;;;+5/p-5. The molecule has 0 spiro atoms. The zero-order valence-corrected chi connectivity index (χ0v) is 21.8. The van der Waals surface area contributed by atoms with Gasteiger partial charge in [0.1, 0.15) is 5.75 Å². The Morgan fingerprint density at radius 3 is 1.83 bits per heavy atom. The molecule has 0 aliphatic rings. The van der Waals surface area contributed by atoms with E-state index in [2.05, 4.69) is 72.0 Å². The first-order valence-electron chi connectivity index (χ1n) is 9.30. The summed E-state index contributed by atoms with van der Waals surface area (Å²) in [6.07, 6.45) is 7.76. The van der Waals surface area contributed by atoms with Gasteiger partial charge in [-0.15, -0.1) is 0 Å². The second-order valence-corrected chi connectivity index (χ2v) is 13.3.